The second kappa shape index (κ2) is 33.5. The third-order valence-electron chi connectivity index (χ3n) is 14.9. The van der Waals surface area contributed by atoms with Crippen molar-refractivity contribution >= 4 is 57.0 Å². The van der Waals surface area contributed by atoms with E-state index in [1.807, 2.05) is 97.2 Å². The van der Waals surface area contributed by atoms with Crippen LogP contribution in [-0.2, 0) is 66.8 Å². The molecule has 474 valence electrons. The molecule has 22 heteroatoms. The van der Waals surface area contributed by atoms with Crippen molar-refractivity contribution in [3.8, 4) is 5.75 Å². The first-order valence-corrected chi connectivity index (χ1v) is 31.4. The molecule has 2 atom stereocenters. The van der Waals surface area contributed by atoms with E-state index in [9.17, 15) is 32.4 Å². The lowest BCUT2D eigenvalue weighted by atomic mass is 9.76. The van der Waals surface area contributed by atoms with Gasteiger partial charge < -0.3 is 49.7 Å². The zero-order valence-corrected chi connectivity index (χ0v) is 51.9. The number of amides is 3. The Hall–Kier alpha value is -9.06. The summed E-state index contributed by atoms with van der Waals surface area (Å²) in [7, 11) is -3.31. The van der Waals surface area contributed by atoms with Crippen LogP contribution in [0.2, 0.25) is 0 Å². The molecule has 1 aliphatic rings. The smallest absolute Gasteiger partial charge is 0.407 e. The van der Waals surface area contributed by atoms with E-state index in [0.29, 0.717) is 100 Å². The Labute approximate surface area is 525 Å². The van der Waals surface area contributed by atoms with Crippen LogP contribution < -0.4 is 30.7 Å². The van der Waals surface area contributed by atoms with Crippen molar-refractivity contribution in [3.05, 3.63) is 209 Å². The number of methoxy groups -OCH3 is 1. The highest BCUT2D eigenvalue weighted by Gasteiger charge is 2.40. The molecule has 8 rings (SSSR count). The van der Waals surface area contributed by atoms with E-state index < -0.39 is 52.0 Å². The number of aliphatic imine (C=N–C) groups is 1. The first kappa shape index (κ1) is 66.9. The fraction of sp³-hybridized carbons (Fsp3) is 0.338. The number of ketones is 1. The summed E-state index contributed by atoms with van der Waals surface area (Å²) in [6.45, 7) is 8.30. The van der Waals surface area contributed by atoms with Gasteiger partial charge in [-0.25, -0.2) is 23.2 Å². The van der Waals surface area contributed by atoms with Crippen LogP contribution in [-0.4, -0.2) is 132 Å². The summed E-state index contributed by atoms with van der Waals surface area (Å²) in [6, 6.07) is 46.9. The fourth-order valence-corrected chi connectivity index (χ4v) is 12.2. The molecule has 2 heterocycles. The number of Topliss-reactive ketones (excluding diaryl/α,β-unsaturated/α-hetero) is 1. The summed E-state index contributed by atoms with van der Waals surface area (Å²) in [5.74, 6) is -2.21. The van der Waals surface area contributed by atoms with Gasteiger partial charge in [0, 0.05) is 63.8 Å². The van der Waals surface area contributed by atoms with E-state index in [1.165, 1.54) is 0 Å². The molecule has 7 aromatic rings. The monoisotopic (exact) mass is 1250 g/mol. The lowest BCUT2D eigenvalue weighted by Gasteiger charge is -2.38. The summed E-state index contributed by atoms with van der Waals surface area (Å²) < 4.78 is 65.3. The van der Waals surface area contributed by atoms with E-state index in [1.54, 1.807) is 51.2 Å². The van der Waals surface area contributed by atoms with Crippen molar-refractivity contribution in [2.75, 3.05) is 78.3 Å². The number of sulfonamides is 1. The zero-order valence-electron chi connectivity index (χ0n) is 51.1. The van der Waals surface area contributed by atoms with Gasteiger partial charge in [0.2, 0.25) is 21.9 Å². The number of carbonyl (C=O) groups is 5. The molecule has 0 aliphatic carbocycles. The van der Waals surface area contributed by atoms with Crippen LogP contribution in [0.5, 0.6) is 5.75 Å². The molecule has 21 nitrogen and oxygen atoms in total. The number of fused-ring (bicyclic) bond motifs is 1. The number of carbonyl (C=O) groups excluding carboxylic acids is 5. The first-order chi connectivity index (χ1) is 43.7. The molecule has 5 N–H and O–H groups in total. The number of imidazole rings is 1. The average molecular weight is 1250 g/mol. The average Bonchev–Trinajstić information content (AvgIpc) is 1.22. The maximum Gasteiger partial charge on any atom is 0.407 e. The number of benzene rings is 6. The van der Waals surface area contributed by atoms with Gasteiger partial charge in [-0.2, -0.15) is 4.72 Å². The summed E-state index contributed by atoms with van der Waals surface area (Å²) in [6.07, 6.45) is 5.09. The van der Waals surface area contributed by atoms with E-state index in [2.05, 4.69) is 71.9 Å². The van der Waals surface area contributed by atoms with Gasteiger partial charge >= 0.3 is 12.1 Å². The standard InChI is InChI=1S/C68H78N8O13S/c1-48-42-56(88-37-17-28-60(77)69-31-18-35-85-38-40-87-41-39-86-36-19-32-71-67(81)89-47-51-20-9-5-10-21-51)43-49(2)63(48)90(82,83)75-59(65(80)84-4)46-72-64(79)61-50(3)62(78)57-30-29-52(44-58(57)74-61)45-73-66-70-33-34-76(66)68(53-22-11-6-12-23-53,54-24-13-7-14-25-54)55-26-15-8-16-27-55/h5-16,20-27,29-30,33-34,42-44,50,59,75H,17-19,28,31-32,35-41,45-47H2,1-4H3,(H,69,77)(H,70,73)(H,71,81)(H,72,79). The number of aryl methyl sites for hydroxylation is 2. The SMILES string of the molecule is COC(=O)C(CNC(=O)C1=Nc2cc(CNc3nccn3C(c3ccccc3)(c3ccccc3)c3ccccc3)ccc2C(=O)C1C)NS(=O)(=O)c1c(C)cc(OCCCC(=O)NCCCOCCOCCOCCCNC(=O)OCc2ccccc2)cc1C. The van der Waals surface area contributed by atoms with E-state index in [-0.39, 0.29) is 54.2 Å². The Balaban J connectivity index is 0.759. The summed E-state index contributed by atoms with van der Waals surface area (Å²) in [5, 5.41) is 11.7. The van der Waals surface area contributed by atoms with E-state index in [4.69, 9.17) is 33.4 Å². The van der Waals surface area contributed by atoms with Crippen LogP contribution in [0.25, 0.3) is 0 Å². The molecular formula is C68H78N8O13S. The molecular weight excluding hydrogens is 1170 g/mol. The molecule has 2 unspecified atom stereocenters. The molecule has 0 bridgehead atoms. The maximum absolute atomic E-state index is 14.0. The van der Waals surface area contributed by atoms with Crippen molar-refractivity contribution in [1.82, 2.24) is 30.2 Å². The van der Waals surface area contributed by atoms with Gasteiger partial charge in [0.05, 0.1) is 56.6 Å². The number of anilines is 1. The number of nitrogens with one attached hydrogen (secondary N) is 5. The number of alkyl carbamates (subject to hydrolysis) is 1. The molecule has 0 radical (unpaired) electrons. The molecule has 90 heavy (non-hydrogen) atoms. The first-order valence-electron chi connectivity index (χ1n) is 30.0. The highest BCUT2D eigenvalue weighted by Crippen LogP contribution is 2.42. The third-order valence-corrected chi connectivity index (χ3v) is 16.7. The molecule has 3 amide bonds. The Kier molecular flexibility index (Phi) is 24.9. The molecule has 6 aromatic carbocycles. The minimum atomic E-state index is -4.41. The number of nitrogens with zero attached hydrogens (tertiary/aromatic N) is 3. The van der Waals surface area contributed by atoms with E-state index >= 15 is 0 Å². The van der Waals surface area contributed by atoms with Gasteiger partial charge in [-0.15, -0.1) is 0 Å². The van der Waals surface area contributed by atoms with Crippen molar-refractivity contribution in [3.63, 3.8) is 0 Å². The summed E-state index contributed by atoms with van der Waals surface area (Å²) in [5.41, 5.74) is 5.05. The number of esters is 1. The topological polar surface area (TPSA) is 265 Å². The number of hydrogen-bond acceptors (Lipinski definition) is 16. The van der Waals surface area contributed by atoms with Crippen LogP contribution in [0.3, 0.4) is 0 Å². The van der Waals surface area contributed by atoms with Crippen molar-refractivity contribution in [1.29, 1.82) is 0 Å². The van der Waals surface area contributed by atoms with E-state index in [0.717, 1.165) is 34.9 Å². The molecule has 1 aliphatic heterocycles. The lowest BCUT2D eigenvalue weighted by Crippen LogP contribution is -2.51. The van der Waals surface area contributed by atoms with Crippen LogP contribution in [0.4, 0.5) is 16.4 Å². The number of hydrogen-bond donors (Lipinski definition) is 5. The minimum Gasteiger partial charge on any atom is -0.494 e. The predicted molar refractivity (Wildman–Crippen MR) is 340 cm³/mol. The maximum atomic E-state index is 14.0. The van der Waals surface area contributed by atoms with Gasteiger partial charge in [0.15, 0.2) is 5.78 Å². The molecule has 1 aromatic heterocycles. The number of ether oxygens (including phenoxy) is 6. The van der Waals surface area contributed by atoms with Gasteiger partial charge in [-0.3, -0.25) is 23.7 Å². The number of aromatic nitrogens is 2. The van der Waals surface area contributed by atoms with Gasteiger partial charge in [0.25, 0.3) is 5.91 Å². The van der Waals surface area contributed by atoms with Crippen LogP contribution >= 0.6 is 0 Å². The molecule has 0 fully saturated rings. The summed E-state index contributed by atoms with van der Waals surface area (Å²) >= 11 is 0. The lowest BCUT2D eigenvalue weighted by molar-refractivity contribution is -0.142. The zero-order chi connectivity index (χ0) is 63.7. The van der Waals surface area contributed by atoms with Crippen LogP contribution in [0, 0.1) is 19.8 Å². The molecule has 0 saturated heterocycles. The summed E-state index contributed by atoms with van der Waals surface area (Å²) in [4.78, 5) is 74.6. The highest BCUT2D eigenvalue weighted by molar-refractivity contribution is 7.89. The van der Waals surface area contributed by atoms with Crippen LogP contribution in [0.1, 0.15) is 81.9 Å². The Morgan fingerprint density at radius 2 is 1.23 bits per heavy atom. The quantitative estimate of drug-likeness (QED) is 0.0142. The number of rotatable bonds is 35. The van der Waals surface area contributed by atoms with Gasteiger partial charge in [0.1, 0.15) is 29.6 Å². The largest absolute Gasteiger partial charge is 0.494 e. The van der Waals surface area contributed by atoms with Crippen LogP contribution in [0.15, 0.2) is 174 Å². The Bertz CT molecular complexity index is 3530. The minimum absolute atomic E-state index is 0.0983. The second-order valence-electron chi connectivity index (χ2n) is 21.3. The van der Waals surface area contributed by atoms with Gasteiger partial charge in [-0.1, -0.05) is 127 Å². The van der Waals surface area contributed by atoms with Gasteiger partial charge in [-0.05, 0) is 103 Å². The third kappa shape index (κ3) is 18.1. The van der Waals surface area contributed by atoms with Crippen molar-refractivity contribution < 1.29 is 60.8 Å². The Morgan fingerprint density at radius 3 is 1.82 bits per heavy atom. The fourth-order valence-electron chi connectivity index (χ4n) is 10.5. The molecule has 0 spiro atoms. The van der Waals surface area contributed by atoms with Crippen molar-refractivity contribution in [2.24, 2.45) is 10.9 Å². The highest BCUT2D eigenvalue weighted by atomic mass is 32.2. The normalized spacial score (nSPS) is 13.3. The Morgan fingerprint density at radius 1 is 0.667 bits per heavy atom. The second-order valence-corrected chi connectivity index (χ2v) is 23.0. The molecule has 0 saturated carbocycles. The van der Waals surface area contributed by atoms with Crippen molar-refractivity contribution in [2.45, 2.75) is 76.1 Å². The predicted octanol–water partition coefficient (Wildman–Crippen LogP) is 8.53.